The van der Waals surface area contributed by atoms with Gasteiger partial charge in [-0.3, -0.25) is 20.4 Å². The number of carbonyl (C=O) groups is 3. The Morgan fingerprint density at radius 2 is 1.59 bits per heavy atom. The van der Waals surface area contributed by atoms with Gasteiger partial charge in [-0.2, -0.15) is 0 Å². The van der Waals surface area contributed by atoms with Crippen LogP contribution < -0.4 is 31.0 Å². The van der Waals surface area contributed by atoms with E-state index in [0.717, 1.165) is 0 Å². The molecule has 0 fully saturated rings. The summed E-state index contributed by atoms with van der Waals surface area (Å²) in [7, 11) is 0. The normalized spacial score (nSPS) is 12.1. The van der Waals surface area contributed by atoms with Crippen molar-refractivity contribution in [2.45, 2.75) is 19.9 Å². The molecule has 9 heteroatoms. The van der Waals surface area contributed by atoms with Crippen LogP contribution in [0.4, 0.5) is 10.5 Å². The van der Waals surface area contributed by atoms with Crippen LogP contribution in [0.1, 0.15) is 34.6 Å². The summed E-state index contributed by atoms with van der Waals surface area (Å²) >= 11 is 0. The lowest BCUT2D eigenvalue weighted by atomic mass is 10.1. The number of hydrazine groups is 1. The molecule has 0 aliphatic carbocycles. The molecular formula is C20H22N4O5. The number of anilines is 1. The van der Waals surface area contributed by atoms with Gasteiger partial charge < -0.3 is 20.1 Å². The Bertz CT molecular complexity index is 929. The van der Waals surface area contributed by atoms with Gasteiger partial charge in [0.25, 0.3) is 11.8 Å². The Morgan fingerprint density at radius 3 is 2.34 bits per heavy atom. The number of benzene rings is 2. The zero-order valence-corrected chi connectivity index (χ0v) is 16.1. The molecule has 29 heavy (non-hydrogen) atoms. The third-order valence-electron chi connectivity index (χ3n) is 3.93. The fourth-order valence-electron chi connectivity index (χ4n) is 2.65. The number of hydrogen-bond donors (Lipinski definition) is 4. The van der Waals surface area contributed by atoms with E-state index in [1.54, 1.807) is 36.4 Å². The zero-order chi connectivity index (χ0) is 20.8. The average molecular weight is 398 g/mol. The third-order valence-corrected chi connectivity index (χ3v) is 3.93. The maximum Gasteiger partial charge on any atom is 0.319 e. The summed E-state index contributed by atoms with van der Waals surface area (Å²) in [5.41, 5.74) is 5.53. The second kappa shape index (κ2) is 8.96. The Kier molecular flexibility index (Phi) is 6.18. The van der Waals surface area contributed by atoms with Gasteiger partial charge in [-0.25, -0.2) is 4.79 Å². The highest BCUT2D eigenvalue weighted by Gasteiger charge is 2.17. The molecular weight excluding hydrogens is 376 g/mol. The number of carbonyl (C=O) groups excluding carboxylic acids is 3. The first-order chi connectivity index (χ1) is 13.9. The Morgan fingerprint density at radius 1 is 0.897 bits per heavy atom. The van der Waals surface area contributed by atoms with Gasteiger partial charge in [-0.15, -0.1) is 0 Å². The van der Waals surface area contributed by atoms with Crippen molar-refractivity contribution < 1.29 is 23.9 Å². The molecule has 3 rings (SSSR count). The van der Waals surface area contributed by atoms with E-state index in [1.807, 2.05) is 13.8 Å². The molecule has 4 N–H and O–H groups in total. The molecule has 1 aliphatic rings. The molecule has 0 saturated carbocycles. The number of rotatable bonds is 4. The minimum atomic E-state index is -0.573. The first kappa shape index (κ1) is 20.0. The van der Waals surface area contributed by atoms with Crippen molar-refractivity contribution in [1.82, 2.24) is 16.2 Å². The Balaban J connectivity index is 1.63. The maximum absolute atomic E-state index is 12.5. The summed E-state index contributed by atoms with van der Waals surface area (Å²) in [5.74, 6) is -0.0490. The summed E-state index contributed by atoms with van der Waals surface area (Å²) < 4.78 is 10.9. The maximum atomic E-state index is 12.5. The van der Waals surface area contributed by atoms with Crippen molar-refractivity contribution in [2.24, 2.45) is 0 Å². The lowest BCUT2D eigenvalue weighted by Crippen LogP contribution is -2.42. The van der Waals surface area contributed by atoms with E-state index in [4.69, 9.17) is 9.47 Å². The number of para-hydroxylation sites is 1. The molecule has 2 aromatic carbocycles. The standard InChI is InChI=1S/C20H22N4O5/c1-12(2)21-20(27)22-15-6-4-3-5-14(15)19(26)24-23-18(25)13-7-8-16-17(11-13)29-10-9-28-16/h3-8,11-12H,9-10H2,1-2H3,(H,23,25)(H,24,26)(H2,21,22,27). The predicted molar refractivity (Wildman–Crippen MR) is 106 cm³/mol. The smallest absolute Gasteiger partial charge is 0.319 e. The van der Waals surface area contributed by atoms with E-state index >= 15 is 0 Å². The van der Waals surface area contributed by atoms with Crippen LogP contribution >= 0.6 is 0 Å². The van der Waals surface area contributed by atoms with Gasteiger partial charge in [0.05, 0.1) is 11.3 Å². The second-order valence-electron chi connectivity index (χ2n) is 6.57. The topological polar surface area (TPSA) is 118 Å². The van der Waals surface area contributed by atoms with E-state index in [1.165, 1.54) is 6.07 Å². The fraction of sp³-hybridized carbons (Fsp3) is 0.250. The van der Waals surface area contributed by atoms with Crippen LogP contribution in [0.3, 0.4) is 0 Å². The predicted octanol–water partition coefficient (Wildman–Crippen LogP) is 2.06. The lowest BCUT2D eigenvalue weighted by molar-refractivity contribution is 0.0846. The van der Waals surface area contributed by atoms with Crippen molar-refractivity contribution in [1.29, 1.82) is 0 Å². The molecule has 9 nitrogen and oxygen atoms in total. The molecule has 0 spiro atoms. The summed E-state index contributed by atoms with van der Waals surface area (Å²) in [5, 5.41) is 5.30. The molecule has 152 valence electrons. The Hall–Kier alpha value is -3.75. The highest BCUT2D eigenvalue weighted by molar-refractivity contribution is 6.04. The van der Waals surface area contributed by atoms with Crippen molar-refractivity contribution in [3.8, 4) is 11.5 Å². The molecule has 0 atom stereocenters. The number of urea groups is 1. The summed E-state index contributed by atoms with van der Waals surface area (Å²) in [6, 6.07) is 10.7. The molecule has 4 amide bonds. The number of fused-ring (bicyclic) bond motifs is 1. The first-order valence-corrected chi connectivity index (χ1v) is 9.11. The number of amides is 4. The highest BCUT2D eigenvalue weighted by atomic mass is 16.6. The van der Waals surface area contributed by atoms with Gasteiger partial charge in [0, 0.05) is 11.6 Å². The average Bonchev–Trinajstić information content (AvgIpc) is 2.71. The second-order valence-corrected chi connectivity index (χ2v) is 6.57. The van der Waals surface area contributed by atoms with Gasteiger partial charge in [-0.05, 0) is 44.2 Å². The van der Waals surface area contributed by atoms with Gasteiger partial charge in [0.1, 0.15) is 13.2 Å². The van der Waals surface area contributed by atoms with Crippen molar-refractivity contribution in [2.75, 3.05) is 18.5 Å². The van der Waals surface area contributed by atoms with Crippen LogP contribution in [0.15, 0.2) is 42.5 Å². The third kappa shape index (κ3) is 5.16. The molecule has 0 radical (unpaired) electrons. The summed E-state index contributed by atoms with van der Waals surface area (Å²) in [4.78, 5) is 36.8. The highest BCUT2D eigenvalue weighted by Crippen LogP contribution is 2.30. The lowest BCUT2D eigenvalue weighted by Gasteiger charge is -2.18. The summed E-state index contributed by atoms with van der Waals surface area (Å²) in [6.45, 7) is 4.51. The van der Waals surface area contributed by atoms with E-state index < -0.39 is 17.8 Å². The SMILES string of the molecule is CC(C)NC(=O)Nc1ccccc1C(=O)NNC(=O)c1ccc2c(c1)OCCO2. The minimum Gasteiger partial charge on any atom is -0.486 e. The number of ether oxygens (including phenoxy) is 2. The summed E-state index contributed by atoms with van der Waals surface area (Å²) in [6.07, 6.45) is 0. The van der Waals surface area contributed by atoms with E-state index in [-0.39, 0.29) is 11.6 Å². The molecule has 0 aromatic heterocycles. The molecule has 0 bridgehead atoms. The van der Waals surface area contributed by atoms with Crippen molar-refractivity contribution >= 4 is 23.5 Å². The van der Waals surface area contributed by atoms with Crippen LogP contribution in [0.25, 0.3) is 0 Å². The van der Waals surface area contributed by atoms with Crippen LogP contribution in [0, 0.1) is 0 Å². The van der Waals surface area contributed by atoms with Crippen molar-refractivity contribution in [3.05, 3.63) is 53.6 Å². The number of nitrogens with one attached hydrogen (secondary N) is 4. The first-order valence-electron chi connectivity index (χ1n) is 9.11. The quantitative estimate of drug-likeness (QED) is 0.588. The monoisotopic (exact) mass is 398 g/mol. The molecule has 2 aromatic rings. The minimum absolute atomic E-state index is 0.0544. The van der Waals surface area contributed by atoms with E-state index in [9.17, 15) is 14.4 Å². The van der Waals surface area contributed by atoms with Crippen LogP contribution in [-0.2, 0) is 0 Å². The van der Waals surface area contributed by atoms with Crippen LogP contribution in [0.2, 0.25) is 0 Å². The van der Waals surface area contributed by atoms with Crippen LogP contribution in [-0.4, -0.2) is 37.1 Å². The fourth-order valence-corrected chi connectivity index (χ4v) is 2.65. The molecule has 0 unspecified atom stereocenters. The van der Waals surface area contributed by atoms with Crippen molar-refractivity contribution in [3.63, 3.8) is 0 Å². The largest absolute Gasteiger partial charge is 0.486 e. The molecule has 1 aliphatic heterocycles. The zero-order valence-electron chi connectivity index (χ0n) is 16.1. The van der Waals surface area contributed by atoms with Gasteiger partial charge in [0.2, 0.25) is 0 Å². The van der Waals surface area contributed by atoms with Gasteiger partial charge >= 0.3 is 6.03 Å². The van der Waals surface area contributed by atoms with E-state index in [2.05, 4.69) is 21.5 Å². The van der Waals surface area contributed by atoms with Gasteiger partial charge in [0.15, 0.2) is 11.5 Å². The number of hydrogen-bond acceptors (Lipinski definition) is 5. The Labute approximate surface area is 167 Å². The van der Waals surface area contributed by atoms with Gasteiger partial charge in [-0.1, -0.05) is 12.1 Å². The molecule has 0 saturated heterocycles. The van der Waals surface area contributed by atoms with Crippen LogP contribution in [0.5, 0.6) is 11.5 Å². The molecule has 1 heterocycles. The van der Waals surface area contributed by atoms with E-state index in [0.29, 0.717) is 36.0 Å².